The van der Waals surface area contributed by atoms with Crippen molar-refractivity contribution in [2.24, 2.45) is 20.0 Å². The summed E-state index contributed by atoms with van der Waals surface area (Å²) < 4.78 is 58.1. The summed E-state index contributed by atoms with van der Waals surface area (Å²) in [6, 6.07) is 15.3. The molecule has 5 heterocycles. The first-order chi connectivity index (χ1) is 25.0. The van der Waals surface area contributed by atoms with E-state index in [1.807, 2.05) is 109 Å². The van der Waals surface area contributed by atoms with E-state index in [1.165, 1.54) is 12.5 Å². The molecule has 8 bridgehead atoms. The summed E-state index contributed by atoms with van der Waals surface area (Å²) in [6.07, 6.45) is 22.7. The van der Waals surface area contributed by atoms with Gasteiger partial charge in [-0.3, -0.25) is 0 Å². The third kappa shape index (κ3) is 8.70. The maximum absolute atomic E-state index is 11.6. The number of fused-ring (bicyclic) bond motifs is 4. The number of hydrogen-bond acceptors (Lipinski definition) is 10. The van der Waals surface area contributed by atoms with Crippen LogP contribution in [0.1, 0.15) is 24.0 Å². The molecule has 2 aromatic carbocycles. The lowest BCUT2D eigenvalue weighted by Crippen LogP contribution is -2.08. The van der Waals surface area contributed by atoms with Crippen molar-refractivity contribution in [3.63, 3.8) is 0 Å². The zero-order chi connectivity index (χ0) is 36.3. The van der Waals surface area contributed by atoms with E-state index in [1.54, 1.807) is 0 Å². The molecular weight excluding hydrogens is 697 g/mol. The summed E-state index contributed by atoms with van der Waals surface area (Å²) in [5, 5.41) is 0. The van der Waals surface area contributed by atoms with Crippen LogP contribution in [-0.2, 0) is 19.7 Å². The van der Waals surface area contributed by atoms with Crippen LogP contribution in [-0.4, -0.2) is 76.9 Å². The molecule has 7 rings (SSSR count). The first kappa shape index (κ1) is 35.0. The lowest BCUT2D eigenvalue weighted by molar-refractivity contribution is 0.317. The Kier molecular flexibility index (Phi) is 9.85. The highest BCUT2D eigenvalue weighted by Crippen LogP contribution is 2.34. The van der Waals surface area contributed by atoms with Crippen LogP contribution in [0.15, 0.2) is 152 Å². The third-order valence-corrected chi connectivity index (χ3v) is 10.4. The van der Waals surface area contributed by atoms with Gasteiger partial charge in [0.2, 0.25) is 0 Å². The molecule has 0 amide bonds. The summed E-state index contributed by atoms with van der Waals surface area (Å²) in [4.78, 5) is 19.9. The van der Waals surface area contributed by atoms with Crippen molar-refractivity contribution in [1.82, 2.24) is 0 Å². The zero-order valence-corrected chi connectivity index (χ0v) is 30.3. The minimum absolute atomic E-state index is 0.0644. The van der Waals surface area contributed by atoms with Crippen LogP contribution < -0.4 is 9.47 Å². The predicted molar refractivity (Wildman–Crippen MR) is 209 cm³/mol. The number of allylic oxidation sites excluding steroid dienone is 12. The van der Waals surface area contributed by atoms with Gasteiger partial charge in [-0.15, -0.1) is 0 Å². The molecule has 0 aliphatic carbocycles. The number of hydrogen-bond donors (Lipinski definition) is 0. The van der Waals surface area contributed by atoms with Gasteiger partial charge in [0.25, 0.3) is 0 Å². The molecule has 5 aliphatic heterocycles. The van der Waals surface area contributed by atoms with E-state index in [0.29, 0.717) is 24.3 Å². The van der Waals surface area contributed by atoms with Crippen molar-refractivity contribution in [3.8, 4) is 11.5 Å². The number of sulfone groups is 2. The van der Waals surface area contributed by atoms with Crippen molar-refractivity contribution >= 4 is 53.7 Å². The van der Waals surface area contributed by atoms with Crippen LogP contribution in [0, 0.1) is 0 Å². The number of benzene rings is 2. The van der Waals surface area contributed by atoms with Crippen molar-refractivity contribution in [2.75, 3.05) is 37.2 Å². The van der Waals surface area contributed by atoms with E-state index in [0.717, 1.165) is 67.9 Å². The SMILES string of the molecule is CS(=O)(=O)CCCOc1cccc(C2=C3C=CC(=N3)C=C3C=CC(=N3)C(c3cccc(OCCCS(C)(=O)=O)c3)=C3C=CC(=N3)C=C3C=CC2=N3)c1. The molecule has 0 spiro atoms. The van der Waals surface area contributed by atoms with Gasteiger partial charge in [0.15, 0.2) is 0 Å². The van der Waals surface area contributed by atoms with E-state index in [2.05, 4.69) is 0 Å². The predicted octanol–water partition coefficient (Wildman–Crippen LogP) is 6.26. The molecule has 0 saturated heterocycles. The zero-order valence-electron chi connectivity index (χ0n) is 28.7. The average molecular weight is 733 g/mol. The molecule has 264 valence electrons. The maximum Gasteiger partial charge on any atom is 0.147 e. The van der Waals surface area contributed by atoms with E-state index in [-0.39, 0.29) is 24.7 Å². The van der Waals surface area contributed by atoms with Crippen molar-refractivity contribution in [2.45, 2.75) is 12.8 Å². The van der Waals surface area contributed by atoms with E-state index in [9.17, 15) is 16.8 Å². The minimum Gasteiger partial charge on any atom is -0.494 e. The fourth-order valence-corrected chi connectivity index (χ4v) is 7.34. The topological polar surface area (TPSA) is 136 Å². The van der Waals surface area contributed by atoms with Gasteiger partial charge in [-0.25, -0.2) is 36.8 Å². The van der Waals surface area contributed by atoms with Gasteiger partial charge in [0.05, 0.1) is 70.4 Å². The van der Waals surface area contributed by atoms with Crippen molar-refractivity contribution < 1.29 is 26.3 Å². The Labute approximate surface area is 303 Å². The first-order valence-electron chi connectivity index (χ1n) is 16.8. The molecule has 0 aromatic heterocycles. The Balaban J connectivity index is 1.24. The monoisotopic (exact) mass is 732 g/mol. The Hall–Kier alpha value is -5.46. The molecule has 0 radical (unpaired) electrons. The smallest absolute Gasteiger partial charge is 0.147 e. The first-order valence-corrected chi connectivity index (χ1v) is 20.9. The highest BCUT2D eigenvalue weighted by Gasteiger charge is 2.22. The van der Waals surface area contributed by atoms with Crippen LogP contribution in [0.2, 0.25) is 0 Å². The Morgan fingerprint density at radius 1 is 0.538 bits per heavy atom. The van der Waals surface area contributed by atoms with Gasteiger partial charge < -0.3 is 9.47 Å². The van der Waals surface area contributed by atoms with Crippen LogP contribution >= 0.6 is 0 Å². The lowest BCUT2D eigenvalue weighted by atomic mass is 9.98. The highest BCUT2D eigenvalue weighted by molar-refractivity contribution is 7.90. The highest BCUT2D eigenvalue weighted by atomic mass is 32.2. The second-order valence-electron chi connectivity index (χ2n) is 12.8. The summed E-state index contributed by atoms with van der Waals surface area (Å²) in [5.41, 5.74) is 9.24. The van der Waals surface area contributed by atoms with Crippen molar-refractivity contribution in [3.05, 3.63) is 143 Å². The summed E-state index contributed by atoms with van der Waals surface area (Å²) >= 11 is 0. The van der Waals surface area contributed by atoms with Crippen LogP contribution in [0.3, 0.4) is 0 Å². The van der Waals surface area contributed by atoms with Gasteiger partial charge in [-0.05, 0) is 109 Å². The number of nitrogens with zero attached hydrogens (tertiary/aromatic N) is 4. The largest absolute Gasteiger partial charge is 0.494 e. The molecule has 52 heavy (non-hydrogen) atoms. The van der Waals surface area contributed by atoms with E-state index in [4.69, 9.17) is 29.4 Å². The minimum atomic E-state index is -3.07. The quantitative estimate of drug-likeness (QED) is 0.237. The summed E-state index contributed by atoms with van der Waals surface area (Å²) in [6.45, 7) is 0.560. The molecule has 12 heteroatoms. The van der Waals surface area contributed by atoms with Crippen molar-refractivity contribution in [1.29, 1.82) is 0 Å². The molecule has 2 aromatic rings. The number of ether oxygens (including phenoxy) is 2. The molecule has 0 unspecified atom stereocenters. The van der Waals surface area contributed by atoms with E-state index >= 15 is 0 Å². The molecule has 0 atom stereocenters. The molecule has 0 fully saturated rings. The Bertz CT molecular complexity index is 2280. The van der Waals surface area contributed by atoms with Crippen LogP contribution in [0.4, 0.5) is 0 Å². The standard InChI is InChI=1S/C40H36N4O6S2/c1-51(45,46)21-5-19-49-33-9-3-7-27(23-33)39-35-15-11-29(41-35)25-31-13-17-37(43-31)40(38-18-14-32(44-38)26-30-12-16-36(39)42-30)28-8-4-10-34(24-28)50-20-6-22-52(2,47)48/h3-4,7-18,23-26H,5-6,19-22H2,1-2H3. The third-order valence-electron chi connectivity index (χ3n) is 8.36. The molecule has 10 nitrogen and oxygen atoms in total. The van der Waals surface area contributed by atoms with Gasteiger partial charge in [-0.1, -0.05) is 24.3 Å². The summed E-state index contributed by atoms with van der Waals surface area (Å²) in [7, 11) is -6.13. The maximum atomic E-state index is 11.6. The van der Waals surface area contributed by atoms with Gasteiger partial charge in [0, 0.05) is 23.7 Å². The summed E-state index contributed by atoms with van der Waals surface area (Å²) in [5.74, 6) is 1.38. The molecule has 0 N–H and O–H groups in total. The van der Waals surface area contributed by atoms with E-state index < -0.39 is 19.7 Å². The fraction of sp³-hybridized carbons (Fsp3) is 0.200. The lowest BCUT2D eigenvalue weighted by Gasteiger charge is -2.12. The number of aliphatic imine (C=N–C) groups is 4. The Morgan fingerprint density at radius 2 is 0.981 bits per heavy atom. The second kappa shape index (κ2) is 14.6. The molecule has 5 aliphatic rings. The van der Waals surface area contributed by atoms with Crippen LogP contribution in [0.5, 0.6) is 11.5 Å². The van der Waals surface area contributed by atoms with Gasteiger partial charge in [-0.2, -0.15) is 0 Å². The Morgan fingerprint density at radius 3 is 1.40 bits per heavy atom. The second-order valence-corrected chi connectivity index (χ2v) is 17.3. The fourth-order valence-electron chi connectivity index (χ4n) is 6.05. The van der Waals surface area contributed by atoms with Gasteiger partial charge >= 0.3 is 0 Å². The number of rotatable bonds is 12. The average Bonchev–Trinajstić information content (AvgIpc) is 3.92. The van der Waals surface area contributed by atoms with Crippen LogP contribution in [0.25, 0.3) is 11.1 Å². The molecule has 0 saturated carbocycles. The normalized spacial score (nSPS) is 17.7. The molecular formula is C40H36N4O6S2. The van der Waals surface area contributed by atoms with Gasteiger partial charge in [0.1, 0.15) is 31.2 Å².